The minimum absolute atomic E-state index is 0.0221. The van der Waals surface area contributed by atoms with Crippen molar-refractivity contribution >= 4 is 18.0 Å². The Kier molecular flexibility index (Phi) is 5.92. The maximum absolute atomic E-state index is 11.2. The molecule has 0 bridgehead atoms. The summed E-state index contributed by atoms with van der Waals surface area (Å²) in [7, 11) is 0. The maximum atomic E-state index is 11.2. The summed E-state index contributed by atoms with van der Waals surface area (Å²) in [6, 6.07) is 7.98. The smallest absolute Gasteiger partial charge is 0.305 e. The number of carbonyl (C=O) groups excluding carboxylic acids is 2. The molecule has 0 aliphatic heterocycles. The van der Waals surface area contributed by atoms with E-state index in [1.165, 1.54) is 19.4 Å². The summed E-state index contributed by atoms with van der Waals surface area (Å²) >= 11 is 0. The second-order valence-corrected chi connectivity index (χ2v) is 6.28. The first-order chi connectivity index (χ1) is 10.1. The first-order valence-electron chi connectivity index (χ1n) is 7.23. The van der Waals surface area contributed by atoms with Gasteiger partial charge in [0.25, 0.3) is 6.29 Å². The molecule has 0 N–H and O–H groups in total. The summed E-state index contributed by atoms with van der Waals surface area (Å²) in [5.41, 5.74) is 2.81. The van der Waals surface area contributed by atoms with E-state index in [0.717, 1.165) is 5.56 Å². The topological polar surface area (TPSA) is 52.6 Å². The lowest BCUT2D eigenvalue weighted by molar-refractivity contribution is -0.177. The van der Waals surface area contributed by atoms with Crippen LogP contribution in [0.25, 0.3) is 6.08 Å². The molecule has 1 aromatic rings. The van der Waals surface area contributed by atoms with Gasteiger partial charge in [0.2, 0.25) is 0 Å². The molecule has 0 amide bonds. The highest BCUT2D eigenvalue weighted by atomic mass is 16.7. The van der Waals surface area contributed by atoms with Gasteiger partial charge in [-0.15, -0.1) is 0 Å². The van der Waals surface area contributed by atoms with Crippen molar-refractivity contribution in [3.63, 3.8) is 0 Å². The number of rotatable bonds is 4. The van der Waals surface area contributed by atoms with Gasteiger partial charge in [-0.3, -0.25) is 9.59 Å². The normalized spacial score (nSPS) is 12.2. The lowest BCUT2D eigenvalue weighted by Crippen LogP contribution is -2.23. The molecule has 0 aliphatic carbocycles. The van der Waals surface area contributed by atoms with E-state index in [4.69, 9.17) is 9.47 Å². The van der Waals surface area contributed by atoms with Gasteiger partial charge < -0.3 is 9.47 Å². The third-order valence-electron chi connectivity index (χ3n) is 3.07. The highest BCUT2D eigenvalue weighted by Crippen LogP contribution is 2.28. The predicted octanol–water partition coefficient (Wildman–Crippen LogP) is 3.84. The van der Waals surface area contributed by atoms with Gasteiger partial charge in [-0.1, -0.05) is 45.0 Å². The van der Waals surface area contributed by atoms with Crippen molar-refractivity contribution in [1.29, 1.82) is 0 Å². The van der Waals surface area contributed by atoms with Crippen LogP contribution in [0.15, 0.2) is 29.8 Å². The average Bonchev–Trinajstić information content (AvgIpc) is 2.36. The van der Waals surface area contributed by atoms with Crippen molar-refractivity contribution in [2.75, 3.05) is 0 Å². The Morgan fingerprint density at radius 2 is 1.50 bits per heavy atom. The standard InChI is InChI=1S/C18H24O4/c1-12(17(21-13(2)19)22-14(3)20)11-15-9-7-8-10-16(15)18(4,5)6/h7-11,17H,1-6H3. The number of carbonyl (C=O) groups is 2. The molecule has 22 heavy (non-hydrogen) atoms. The number of hydrogen-bond donors (Lipinski definition) is 0. The third kappa shape index (κ3) is 5.35. The summed E-state index contributed by atoms with van der Waals surface area (Å²) in [4.78, 5) is 22.4. The van der Waals surface area contributed by atoms with Gasteiger partial charge in [0, 0.05) is 19.4 Å². The van der Waals surface area contributed by atoms with E-state index in [-0.39, 0.29) is 5.41 Å². The van der Waals surface area contributed by atoms with Crippen molar-refractivity contribution < 1.29 is 19.1 Å². The van der Waals surface area contributed by atoms with Crippen molar-refractivity contribution in [3.8, 4) is 0 Å². The quantitative estimate of drug-likeness (QED) is 0.626. The first-order valence-corrected chi connectivity index (χ1v) is 7.23. The van der Waals surface area contributed by atoms with Crippen LogP contribution in [0.3, 0.4) is 0 Å². The Balaban J connectivity index is 3.18. The van der Waals surface area contributed by atoms with Crippen LogP contribution in [0.1, 0.15) is 52.7 Å². The zero-order valence-corrected chi connectivity index (χ0v) is 14.1. The van der Waals surface area contributed by atoms with E-state index in [9.17, 15) is 9.59 Å². The molecule has 4 heteroatoms. The van der Waals surface area contributed by atoms with Crippen LogP contribution >= 0.6 is 0 Å². The van der Waals surface area contributed by atoms with Gasteiger partial charge >= 0.3 is 11.9 Å². The van der Waals surface area contributed by atoms with Crippen LogP contribution in [0.5, 0.6) is 0 Å². The number of benzene rings is 1. The fourth-order valence-electron chi connectivity index (χ4n) is 2.13. The molecule has 0 saturated carbocycles. The molecule has 0 unspecified atom stereocenters. The fourth-order valence-corrected chi connectivity index (χ4v) is 2.13. The van der Waals surface area contributed by atoms with Crippen molar-refractivity contribution in [3.05, 3.63) is 41.0 Å². The summed E-state index contributed by atoms with van der Waals surface area (Å²) < 4.78 is 10.1. The molecule has 0 atom stereocenters. The van der Waals surface area contributed by atoms with E-state index >= 15 is 0 Å². The van der Waals surface area contributed by atoms with E-state index in [0.29, 0.717) is 5.57 Å². The van der Waals surface area contributed by atoms with Crippen molar-refractivity contribution in [2.45, 2.75) is 53.2 Å². The second kappa shape index (κ2) is 7.25. The molecule has 0 radical (unpaired) electrons. The molecular weight excluding hydrogens is 280 g/mol. The van der Waals surface area contributed by atoms with Gasteiger partial charge in [0.15, 0.2) is 0 Å². The molecule has 120 valence electrons. The number of hydrogen-bond acceptors (Lipinski definition) is 4. The maximum Gasteiger partial charge on any atom is 0.305 e. The van der Waals surface area contributed by atoms with E-state index < -0.39 is 18.2 Å². The summed E-state index contributed by atoms with van der Waals surface area (Å²) in [5, 5.41) is 0. The molecular formula is C18H24O4. The predicted molar refractivity (Wildman–Crippen MR) is 86.1 cm³/mol. The lowest BCUT2D eigenvalue weighted by atomic mass is 9.83. The molecule has 4 nitrogen and oxygen atoms in total. The Bertz CT molecular complexity index is 563. The molecule has 1 aromatic carbocycles. The molecule has 1 rings (SSSR count). The summed E-state index contributed by atoms with van der Waals surface area (Å²) in [6.07, 6.45) is 0.889. The molecule has 0 aromatic heterocycles. The van der Waals surface area contributed by atoms with Crippen LogP contribution < -0.4 is 0 Å². The average molecular weight is 304 g/mol. The Morgan fingerprint density at radius 1 is 1.00 bits per heavy atom. The van der Waals surface area contributed by atoms with Gasteiger partial charge in [-0.25, -0.2) is 0 Å². The minimum atomic E-state index is -0.997. The Morgan fingerprint density at radius 3 is 1.95 bits per heavy atom. The first kappa shape index (κ1) is 18.0. The molecule has 0 heterocycles. The zero-order valence-electron chi connectivity index (χ0n) is 14.1. The van der Waals surface area contributed by atoms with Crippen LogP contribution in [-0.2, 0) is 24.5 Å². The SMILES string of the molecule is CC(=O)OC(OC(C)=O)C(C)=Cc1ccccc1C(C)(C)C. The lowest BCUT2D eigenvalue weighted by Gasteiger charge is -2.23. The Hall–Kier alpha value is -2.10. The van der Waals surface area contributed by atoms with Crippen molar-refractivity contribution in [1.82, 2.24) is 0 Å². The molecule has 0 spiro atoms. The molecule has 0 aliphatic rings. The van der Waals surface area contributed by atoms with Gasteiger partial charge in [0.1, 0.15) is 0 Å². The highest BCUT2D eigenvalue weighted by Gasteiger charge is 2.20. The van der Waals surface area contributed by atoms with Gasteiger partial charge in [-0.05, 0) is 29.5 Å². The second-order valence-electron chi connectivity index (χ2n) is 6.28. The highest BCUT2D eigenvalue weighted by molar-refractivity contribution is 5.69. The monoisotopic (exact) mass is 304 g/mol. The third-order valence-corrected chi connectivity index (χ3v) is 3.07. The molecule has 0 fully saturated rings. The van der Waals surface area contributed by atoms with E-state index in [1.807, 2.05) is 24.3 Å². The van der Waals surface area contributed by atoms with Gasteiger partial charge in [-0.2, -0.15) is 0 Å². The van der Waals surface area contributed by atoms with Crippen LogP contribution in [-0.4, -0.2) is 18.2 Å². The van der Waals surface area contributed by atoms with Crippen LogP contribution in [0, 0.1) is 0 Å². The summed E-state index contributed by atoms with van der Waals surface area (Å²) in [6.45, 7) is 10.7. The van der Waals surface area contributed by atoms with Crippen molar-refractivity contribution in [2.24, 2.45) is 0 Å². The number of ether oxygens (including phenoxy) is 2. The fraction of sp³-hybridized carbons (Fsp3) is 0.444. The van der Waals surface area contributed by atoms with Crippen LogP contribution in [0.2, 0.25) is 0 Å². The molecule has 0 saturated heterocycles. The summed E-state index contributed by atoms with van der Waals surface area (Å²) in [5.74, 6) is -0.994. The number of esters is 2. The van der Waals surface area contributed by atoms with Crippen LogP contribution in [0.4, 0.5) is 0 Å². The zero-order chi connectivity index (χ0) is 16.9. The van der Waals surface area contributed by atoms with Gasteiger partial charge in [0.05, 0.1) is 0 Å². The van der Waals surface area contributed by atoms with E-state index in [1.54, 1.807) is 6.92 Å². The minimum Gasteiger partial charge on any atom is -0.421 e. The largest absolute Gasteiger partial charge is 0.421 e. The Labute approximate surface area is 132 Å². The van der Waals surface area contributed by atoms with E-state index in [2.05, 4.69) is 26.8 Å².